The molecular formula is C23H38N2O5S2Si. The number of thiocarbonyl (C=S) groups is 1. The van der Waals surface area contributed by atoms with E-state index in [-0.39, 0.29) is 40.6 Å². The lowest BCUT2D eigenvalue weighted by atomic mass is 9.77. The maximum atomic E-state index is 13.2. The minimum atomic E-state index is -2.13. The first-order chi connectivity index (χ1) is 15.2. The Bertz CT molecular complexity index is 798. The van der Waals surface area contributed by atoms with Gasteiger partial charge < -0.3 is 19.4 Å². The number of amides is 1. The summed E-state index contributed by atoms with van der Waals surface area (Å²) >= 11 is 6.47. The second kappa shape index (κ2) is 11.0. The van der Waals surface area contributed by atoms with Crippen LogP contribution in [0.3, 0.4) is 0 Å². The number of likely N-dealkylation sites (tertiary alicyclic amines) is 1. The van der Waals surface area contributed by atoms with Crippen LogP contribution in [0, 0.1) is 11.8 Å². The van der Waals surface area contributed by atoms with Crippen LogP contribution in [0.4, 0.5) is 0 Å². The van der Waals surface area contributed by atoms with Crippen molar-refractivity contribution in [1.82, 2.24) is 10.2 Å². The Balaban J connectivity index is 2.19. The monoisotopic (exact) mass is 514 g/mol. The third-order valence-corrected chi connectivity index (χ3v) is 13.0. The summed E-state index contributed by atoms with van der Waals surface area (Å²) in [5.41, 5.74) is 0. The summed E-state index contributed by atoms with van der Waals surface area (Å²) in [6.45, 7) is 18.6. The number of β-lactam (4-membered cyclic amide) rings is 1. The molecule has 0 spiro atoms. The van der Waals surface area contributed by atoms with Gasteiger partial charge in [0.25, 0.3) is 0 Å². The number of carbonyl (C=O) groups is 3. The van der Waals surface area contributed by atoms with Crippen LogP contribution < -0.4 is 5.32 Å². The fraction of sp³-hybridized carbons (Fsp3) is 0.739. The fourth-order valence-electron chi connectivity index (χ4n) is 3.96. The molecule has 10 heteroatoms. The standard InChI is InChI=1S/C23H38N2O5S2Si/c1-9-10-29-18(26)13-25-20(14(2)22(28)32-16-11-17(31)24-12-16)19(21(25)27)15(3)30-33(7,8)23(4,5)6/h9,14-16,19-20H,1,10-13H2,2-8H3,(H,24,31)/t14-,15-,16-,19-,20-/m1/s1. The maximum absolute atomic E-state index is 13.2. The van der Waals surface area contributed by atoms with Gasteiger partial charge in [-0.3, -0.25) is 14.4 Å². The van der Waals surface area contributed by atoms with Gasteiger partial charge in [0.05, 0.1) is 23.1 Å². The Morgan fingerprint density at radius 2 is 2.00 bits per heavy atom. The van der Waals surface area contributed by atoms with Crippen molar-refractivity contribution in [1.29, 1.82) is 0 Å². The molecule has 0 radical (unpaired) electrons. The van der Waals surface area contributed by atoms with Crippen molar-refractivity contribution in [3.05, 3.63) is 12.7 Å². The molecule has 5 atom stereocenters. The molecule has 0 aromatic carbocycles. The quantitative estimate of drug-likeness (QED) is 0.156. The molecule has 2 rings (SSSR count). The highest BCUT2D eigenvalue weighted by Gasteiger charge is 2.56. The predicted octanol–water partition coefficient (Wildman–Crippen LogP) is 3.54. The molecule has 2 fully saturated rings. The van der Waals surface area contributed by atoms with E-state index in [0.29, 0.717) is 13.0 Å². The molecule has 2 aliphatic heterocycles. The Labute approximate surface area is 208 Å². The van der Waals surface area contributed by atoms with Crippen LogP contribution in [0.15, 0.2) is 12.7 Å². The zero-order valence-corrected chi connectivity index (χ0v) is 23.4. The lowest BCUT2D eigenvalue weighted by Gasteiger charge is -2.52. The highest BCUT2D eigenvalue weighted by molar-refractivity contribution is 8.14. The number of hydrogen-bond acceptors (Lipinski definition) is 7. The predicted molar refractivity (Wildman–Crippen MR) is 139 cm³/mol. The van der Waals surface area contributed by atoms with E-state index in [1.54, 1.807) is 0 Å². The number of nitrogens with one attached hydrogen (secondary N) is 1. The van der Waals surface area contributed by atoms with Gasteiger partial charge in [-0.2, -0.15) is 0 Å². The number of ether oxygens (including phenoxy) is 1. The summed E-state index contributed by atoms with van der Waals surface area (Å²) in [4.78, 5) is 40.8. The van der Waals surface area contributed by atoms with Gasteiger partial charge in [-0.25, -0.2) is 0 Å². The molecular weight excluding hydrogens is 476 g/mol. The second-order valence-electron chi connectivity index (χ2n) is 10.4. The van der Waals surface area contributed by atoms with Crippen LogP contribution in [0.1, 0.15) is 41.0 Å². The van der Waals surface area contributed by atoms with Crippen LogP contribution in [0.5, 0.6) is 0 Å². The third-order valence-electron chi connectivity index (χ3n) is 6.86. The summed E-state index contributed by atoms with van der Waals surface area (Å²) in [6.07, 6.45) is 1.80. The van der Waals surface area contributed by atoms with Crippen molar-refractivity contribution in [3.63, 3.8) is 0 Å². The molecule has 2 aliphatic rings. The van der Waals surface area contributed by atoms with E-state index in [2.05, 4.69) is 45.8 Å². The smallest absolute Gasteiger partial charge is 0.325 e. The normalized spacial score (nSPS) is 25.2. The van der Waals surface area contributed by atoms with Crippen LogP contribution >= 0.6 is 24.0 Å². The maximum Gasteiger partial charge on any atom is 0.325 e. The first kappa shape index (κ1) is 28.0. The molecule has 0 aromatic heterocycles. The van der Waals surface area contributed by atoms with Gasteiger partial charge in [0, 0.05) is 24.1 Å². The highest BCUT2D eigenvalue weighted by atomic mass is 32.2. The third kappa shape index (κ3) is 6.67. The summed E-state index contributed by atoms with van der Waals surface area (Å²) < 4.78 is 11.6. The molecule has 186 valence electrons. The number of rotatable bonds is 10. The largest absolute Gasteiger partial charge is 0.460 e. The van der Waals surface area contributed by atoms with E-state index in [9.17, 15) is 14.4 Å². The molecule has 0 saturated carbocycles. The number of thioether (sulfide) groups is 1. The summed E-state index contributed by atoms with van der Waals surface area (Å²) in [6, 6.07) is -0.421. The van der Waals surface area contributed by atoms with Gasteiger partial charge in [-0.05, 0) is 25.1 Å². The Hall–Kier alpha value is -1.23. The van der Waals surface area contributed by atoms with E-state index in [4.69, 9.17) is 21.4 Å². The van der Waals surface area contributed by atoms with Crippen molar-refractivity contribution >= 4 is 54.3 Å². The Morgan fingerprint density at radius 3 is 2.52 bits per heavy atom. The molecule has 0 bridgehead atoms. The van der Waals surface area contributed by atoms with Gasteiger partial charge in [0.2, 0.25) is 5.91 Å². The average molecular weight is 515 g/mol. The summed E-state index contributed by atoms with van der Waals surface area (Å²) in [5.74, 6) is -1.62. The van der Waals surface area contributed by atoms with Gasteiger partial charge in [0.1, 0.15) is 13.2 Å². The van der Waals surface area contributed by atoms with Crippen molar-refractivity contribution in [2.75, 3.05) is 19.7 Å². The molecule has 2 saturated heterocycles. The molecule has 1 amide bonds. The van der Waals surface area contributed by atoms with Gasteiger partial charge in [0.15, 0.2) is 13.4 Å². The lowest BCUT2D eigenvalue weighted by molar-refractivity contribution is -0.174. The zero-order chi connectivity index (χ0) is 25.1. The minimum Gasteiger partial charge on any atom is -0.460 e. The number of esters is 1. The molecule has 33 heavy (non-hydrogen) atoms. The van der Waals surface area contributed by atoms with Crippen LogP contribution in [-0.4, -0.2) is 72.3 Å². The molecule has 7 nitrogen and oxygen atoms in total. The molecule has 0 unspecified atom stereocenters. The Morgan fingerprint density at radius 1 is 1.36 bits per heavy atom. The minimum absolute atomic E-state index is 0.00187. The van der Waals surface area contributed by atoms with Crippen LogP contribution in [-0.2, 0) is 23.5 Å². The van der Waals surface area contributed by atoms with E-state index in [0.717, 1.165) is 4.99 Å². The van der Waals surface area contributed by atoms with Crippen molar-refractivity contribution in [2.45, 2.75) is 76.6 Å². The highest BCUT2D eigenvalue weighted by Crippen LogP contribution is 2.42. The Kier molecular flexibility index (Phi) is 9.34. The van der Waals surface area contributed by atoms with Gasteiger partial charge in [-0.15, -0.1) is 0 Å². The summed E-state index contributed by atoms with van der Waals surface area (Å²) in [7, 11) is -2.13. The molecule has 2 heterocycles. The number of nitrogens with zero attached hydrogens (tertiary/aromatic N) is 1. The van der Waals surface area contributed by atoms with Gasteiger partial charge in [-0.1, -0.05) is 64.3 Å². The first-order valence-electron chi connectivity index (χ1n) is 11.4. The topological polar surface area (TPSA) is 84.9 Å². The van der Waals surface area contributed by atoms with Crippen molar-refractivity contribution in [3.8, 4) is 0 Å². The zero-order valence-electron chi connectivity index (χ0n) is 20.8. The van der Waals surface area contributed by atoms with E-state index >= 15 is 0 Å². The van der Waals surface area contributed by atoms with Crippen LogP contribution in [0.2, 0.25) is 18.1 Å². The van der Waals surface area contributed by atoms with E-state index < -0.39 is 32.2 Å². The molecule has 0 aromatic rings. The second-order valence-corrected chi connectivity index (χ2v) is 16.9. The average Bonchev–Trinajstić information content (AvgIpc) is 3.10. The van der Waals surface area contributed by atoms with E-state index in [1.807, 2.05) is 13.8 Å². The number of hydrogen-bond donors (Lipinski definition) is 1. The fourth-order valence-corrected chi connectivity index (χ4v) is 6.88. The first-order valence-corrected chi connectivity index (χ1v) is 15.6. The molecule has 1 N–H and O–H groups in total. The summed E-state index contributed by atoms with van der Waals surface area (Å²) in [5, 5.41) is 3.19. The van der Waals surface area contributed by atoms with Crippen molar-refractivity contribution < 1.29 is 23.5 Å². The lowest BCUT2D eigenvalue weighted by Crippen LogP contribution is -2.69. The molecule has 0 aliphatic carbocycles. The van der Waals surface area contributed by atoms with Gasteiger partial charge >= 0.3 is 5.97 Å². The van der Waals surface area contributed by atoms with Crippen molar-refractivity contribution in [2.24, 2.45) is 11.8 Å². The SMILES string of the molecule is C=CCOC(=O)CN1C(=O)[C@H]([C@@H](C)O[Si](C)(C)C(C)(C)C)[C@H]1[C@@H](C)C(=O)S[C@H]1CNC(=S)C1. The van der Waals surface area contributed by atoms with Crippen LogP contribution in [0.25, 0.3) is 0 Å². The van der Waals surface area contributed by atoms with E-state index in [1.165, 1.54) is 22.7 Å². The number of carbonyl (C=O) groups excluding carboxylic acids is 3.